The predicted octanol–water partition coefficient (Wildman–Crippen LogP) is 3.38. The molecule has 0 saturated heterocycles. The van der Waals surface area contributed by atoms with E-state index in [-0.39, 0.29) is 0 Å². The molecule has 0 aliphatic heterocycles. The number of hydrogen-bond donors (Lipinski definition) is 0. The second-order valence-corrected chi connectivity index (χ2v) is 5.25. The van der Waals surface area contributed by atoms with Gasteiger partial charge in [-0.2, -0.15) is 10.4 Å². The molecule has 20 heavy (non-hydrogen) atoms. The summed E-state index contributed by atoms with van der Waals surface area (Å²) in [6.45, 7) is 2.42. The number of hydrogen-bond acceptors (Lipinski definition) is 5. The zero-order chi connectivity index (χ0) is 14.1. The Morgan fingerprint density at radius 1 is 1.50 bits per heavy atom. The number of nitrogens with zero attached hydrogens (tertiary/aromatic N) is 4. The molecule has 3 aromatic rings. The van der Waals surface area contributed by atoms with Gasteiger partial charge in [0.15, 0.2) is 16.5 Å². The second-order valence-electron chi connectivity index (χ2n) is 3.95. The summed E-state index contributed by atoms with van der Waals surface area (Å²) in [6.07, 6.45) is 1.70. The normalized spacial score (nSPS) is 10.7. The third kappa shape index (κ3) is 2.11. The minimum Gasteiger partial charge on any atom is -0.490 e. The maximum Gasteiger partial charge on any atom is 0.197 e. The molecule has 0 fully saturated rings. The first-order chi connectivity index (χ1) is 9.72. The lowest BCUT2D eigenvalue weighted by atomic mass is 10.2. The van der Waals surface area contributed by atoms with Gasteiger partial charge in [-0.15, -0.1) is 11.3 Å². The molecular weight excluding hydrogens is 296 g/mol. The van der Waals surface area contributed by atoms with Gasteiger partial charge in [0, 0.05) is 17.0 Å². The number of rotatable bonds is 3. The van der Waals surface area contributed by atoms with E-state index in [2.05, 4.69) is 16.2 Å². The molecule has 100 valence electrons. The van der Waals surface area contributed by atoms with Crippen molar-refractivity contribution in [2.24, 2.45) is 0 Å². The van der Waals surface area contributed by atoms with Crippen molar-refractivity contribution in [2.75, 3.05) is 6.61 Å². The molecule has 0 bridgehead atoms. The summed E-state index contributed by atoms with van der Waals surface area (Å²) in [5.41, 5.74) is 2.27. The SMILES string of the molecule is CCOc1cc(Cl)nn2c(-c3csc(C#N)c3)cnc12. The summed E-state index contributed by atoms with van der Waals surface area (Å²) >= 11 is 7.40. The molecule has 0 amide bonds. The molecule has 3 heterocycles. The molecule has 0 aliphatic rings. The van der Waals surface area contributed by atoms with E-state index >= 15 is 0 Å². The minimum atomic E-state index is 0.330. The molecule has 0 spiro atoms. The Morgan fingerprint density at radius 3 is 3.05 bits per heavy atom. The van der Waals surface area contributed by atoms with Crippen molar-refractivity contribution in [3.05, 3.63) is 33.7 Å². The van der Waals surface area contributed by atoms with Gasteiger partial charge in [0.2, 0.25) is 0 Å². The first-order valence-electron chi connectivity index (χ1n) is 5.89. The minimum absolute atomic E-state index is 0.330. The molecule has 0 N–H and O–H groups in total. The van der Waals surface area contributed by atoms with E-state index < -0.39 is 0 Å². The van der Waals surface area contributed by atoms with Gasteiger partial charge in [0.25, 0.3) is 0 Å². The Kier molecular flexibility index (Phi) is 3.30. The summed E-state index contributed by atoms with van der Waals surface area (Å²) < 4.78 is 7.15. The Bertz CT molecular complexity index is 817. The Hall–Kier alpha value is -2.10. The topological polar surface area (TPSA) is 63.2 Å². The highest BCUT2D eigenvalue weighted by Crippen LogP contribution is 2.29. The third-order valence-electron chi connectivity index (χ3n) is 2.71. The van der Waals surface area contributed by atoms with Gasteiger partial charge in [-0.3, -0.25) is 0 Å². The second kappa shape index (κ2) is 5.12. The molecule has 0 aromatic carbocycles. The van der Waals surface area contributed by atoms with Crippen LogP contribution in [0.3, 0.4) is 0 Å². The average Bonchev–Trinajstić information content (AvgIpc) is 3.04. The van der Waals surface area contributed by atoms with Crippen LogP contribution in [-0.2, 0) is 0 Å². The van der Waals surface area contributed by atoms with Crippen LogP contribution in [0.5, 0.6) is 5.75 Å². The van der Waals surface area contributed by atoms with Crippen LogP contribution in [0.25, 0.3) is 16.9 Å². The highest BCUT2D eigenvalue weighted by Gasteiger charge is 2.14. The molecule has 0 radical (unpaired) electrons. The molecule has 3 aromatic heterocycles. The number of halogens is 1. The van der Waals surface area contributed by atoms with Crippen molar-refractivity contribution in [2.45, 2.75) is 6.92 Å². The smallest absolute Gasteiger partial charge is 0.197 e. The van der Waals surface area contributed by atoms with Gasteiger partial charge < -0.3 is 4.74 Å². The molecule has 3 rings (SSSR count). The molecule has 5 nitrogen and oxygen atoms in total. The van der Waals surface area contributed by atoms with Crippen LogP contribution in [0.15, 0.2) is 23.7 Å². The zero-order valence-corrected chi connectivity index (χ0v) is 12.1. The van der Waals surface area contributed by atoms with E-state index in [1.807, 2.05) is 12.3 Å². The summed E-state index contributed by atoms with van der Waals surface area (Å²) in [6, 6.07) is 5.57. The highest BCUT2D eigenvalue weighted by atomic mass is 35.5. The van der Waals surface area contributed by atoms with Crippen molar-refractivity contribution in [1.29, 1.82) is 5.26 Å². The van der Waals surface area contributed by atoms with Crippen LogP contribution in [-0.4, -0.2) is 21.2 Å². The fourth-order valence-electron chi connectivity index (χ4n) is 1.90. The lowest BCUT2D eigenvalue weighted by Gasteiger charge is -2.05. The fraction of sp³-hybridized carbons (Fsp3) is 0.154. The van der Waals surface area contributed by atoms with E-state index in [1.165, 1.54) is 11.3 Å². The van der Waals surface area contributed by atoms with Gasteiger partial charge in [0.1, 0.15) is 10.9 Å². The first kappa shape index (κ1) is 12.9. The number of aromatic nitrogens is 3. The van der Waals surface area contributed by atoms with E-state index in [0.29, 0.717) is 28.0 Å². The summed E-state index contributed by atoms with van der Waals surface area (Å²) in [7, 11) is 0. The quantitative estimate of drug-likeness (QED) is 0.744. The maximum atomic E-state index is 8.90. The largest absolute Gasteiger partial charge is 0.490 e. The molecule has 0 saturated carbocycles. The lowest BCUT2D eigenvalue weighted by molar-refractivity contribution is 0.341. The van der Waals surface area contributed by atoms with Crippen LogP contribution in [0.2, 0.25) is 5.15 Å². The summed E-state index contributed by atoms with van der Waals surface area (Å²) in [5.74, 6) is 0.592. The van der Waals surface area contributed by atoms with E-state index in [4.69, 9.17) is 21.6 Å². The standard InChI is InChI=1S/C13H9ClN4OS/c1-2-19-11-4-12(14)17-18-10(6-16-13(11)18)8-3-9(5-15)20-7-8/h3-4,6-7H,2H2,1H3. The van der Waals surface area contributed by atoms with Crippen LogP contribution in [0.1, 0.15) is 11.8 Å². The van der Waals surface area contributed by atoms with Crippen molar-refractivity contribution >= 4 is 28.6 Å². The van der Waals surface area contributed by atoms with Crippen molar-refractivity contribution in [1.82, 2.24) is 14.6 Å². The monoisotopic (exact) mass is 304 g/mol. The first-order valence-corrected chi connectivity index (χ1v) is 7.14. The van der Waals surface area contributed by atoms with Crippen molar-refractivity contribution in [3.63, 3.8) is 0 Å². The Balaban J connectivity index is 2.20. The average molecular weight is 305 g/mol. The fourth-order valence-corrected chi connectivity index (χ4v) is 2.76. The van der Waals surface area contributed by atoms with E-state index in [9.17, 15) is 0 Å². The van der Waals surface area contributed by atoms with Gasteiger partial charge in [0.05, 0.1) is 18.5 Å². The number of fused-ring (bicyclic) bond motifs is 1. The van der Waals surface area contributed by atoms with Crippen molar-refractivity contribution < 1.29 is 4.74 Å². The highest BCUT2D eigenvalue weighted by molar-refractivity contribution is 7.10. The van der Waals surface area contributed by atoms with Crippen LogP contribution >= 0.6 is 22.9 Å². The van der Waals surface area contributed by atoms with Gasteiger partial charge >= 0.3 is 0 Å². The third-order valence-corrected chi connectivity index (χ3v) is 3.73. The molecule has 0 atom stereocenters. The molecular formula is C13H9ClN4OS. The summed E-state index contributed by atoms with van der Waals surface area (Å²) in [5, 5.41) is 15.4. The van der Waals surface area contributed by atoms with Gasteiger partial charge in [-0.25, -0.2) is 9.50 Å². The van der Waals surface area contributed by atoms with Crippen LogP contribution in [0.4, 0.5) is 0 Å². The predicted molar refractivity (Wildman–Crippen MR) is 77.2 cm³/mol. The lowest BCUT2D eigenvalue weighted by Crippen LogP contribution is -1.99. The van der Waals surface area contributed by atoms with Crippen LogP contribution < -0.4 is 4.74 Å². The van der Waals surface area contributed by atoms with E-state index in [1.54, 1.807) is 22.8 Å². The number of ether oxygens (including phenoxy) is 1. The van der Waals surface area contributed by atoms with E-state index in [0.717, 1.165) is 11.3 Å². The molecule has 7 heteroatoms. The number of thiophene rings is 1. The zero-order valence-electron chi connectivity index (χ0n) is 10.5. The van der Waals surface area contributed by atoms with Crippen molar-refractivity contribution in [3.8, 4) is 23.1 Å². The maximum absolute atomic E-state index is 8.90. The number of imidazole rings is 1. The van der Waals surface area contributed by atoms with Gasteiger partial charge in [-0.1, -0.05) is 11.6 Å². The Labute approximate surface area is 124 Å². The molecule has 0 aliphatic carbocycles. The molecule has 0 unspecified atom stereocenters. The number of nitriles is 1. The van der Waals surface area contributed by atoms with Gasteiger partial charge in [-0.05, 0) is 13.0 Å². The Morgan fingerprint density at radius 2 is 2.35 bits per heavy atom. The van der Waals surface area contributed by atoms with Crippen LogP contribution in [0, 0.1) is 11.3 Å². The summed E-state index contributed by atoms with van der Waals surface area (Å²) in [4.78, 5) is 4.97.